The summed E-state index contributed by atoms with van der Waals surface area (Å²) >= 11 is 0. The van der Waals surface area contributed by atoms with Crippen molar-refractivity contribution in [2.45, 2.75) is 6.04 Å². The third kappa shape index (κ3) is 5.33. The number of amides is 2. The van der Waals surface area contributed by atoms with E-state index in [9.17, 15) is 9.59 Å². The van der Waals surface area contributed by atoms with Crippen LogP contribution in [0.5, 0.6) is 0 Å². The molecule has 0 radical (unpaired) electrons. The zero-order valence-corrected chi connectivity index (χ0v) is 17.6. The van der Waals surface area contributed by atoms with Gasteiger partial charge in [0.1, 0.15) is 0 Å². The first-order chi connectivity index (χ1) is 14.5. The second kappa shape index (κ2) is 9.85. The number of hydrogen-bond acceptors (Lipinski definition) is 3. The van der Waals surface area contributed by atoms with Gasteiger partial charge in [-0.1, -0.05) is 60.7 Å². The summed E-state index contributed by atoms with van der Waals surface area (Å²) < 4.78 is 0. The molecule has 3 rings (SSSR count). The highest BCUT2D eigenvalue weighted by molar-refractivity contribution is 5.96. The summed E-state index contributed by atoms with van der Waals surface area (Å²) in [6, 6.07) is 27.2. The quantitative estimate of drug-likeness (QED) is 0.650. The summed E-state index contributed by atoms with van der Waals surface area (Å²) in [5.74, 6) is -0.178. The highest BCUT2D eigenvalue weighted by atomic mass is 16.2. The maximum Gasteiger partial charge on any atom is 0.253 e. The van der Waals surface area contributed by atoms with Crippen LogP contribution in [0.2, 0.25) is 0 Å². The zero-order chi connectivity index (χ0) is 21.5. The van der Waals surface area contributed by atoms with Crippen LogP contribution < -0.4 is 5.32 Å². The Bertz CT molecular complexity index is 931. The van der Waals surface area contributed by atoms with Crippen LogP contribution in [0.1, 0.15) is 27.5 Å². The van der Waals surface area contributed by atoms with Crippen molar-refractivity contribution in [1.29, 1.82) is 0 Å². The summed E-state index contributed by atoms with van der Waals surface area (Å²) in [4.78, 5) is 28.2. The normalized spacial score (nSPS) is 10.8. The standard InChI is InChI=1S/C25H27N3O2/c1-27(2)25(30)21-14-16-22(17-15-21)26-23(29)18-28(3)24(19-10-6-4-7-11-19)20-12-8-5-9-13-20/h4-17,24H,18H2,1-3H3,(H,26,29). The molecule has 0 fully saturated rings. The number of hydrogen-bond donors (Lipinski definition) is 1. The molecular weight excluding hydrogens is 374 g/mol. The first-order valence-corrected chi connectivity index (χ1v) is 9.87. The van der Waals surface area contributed by atoms with Gasteiger partial charge in [0.05, 0.1) is 12.6 Å². The minimum atomic E-state index is -0.110. The summed E-state index contributed by atoms with van der Waals surface area (Å²) in [6.07, 6.45) is 0. The Morgan fingerprint density at radius 3 is 1.73 bits per heavy atom. The molecule has 0 aromatic heterocycles. The third-order valence-electron chi connectivity index (χ3n) is 4.89. The van der Waals surface area contributed by atoms with Crippen molar-refractivity contribution in [1.82, 2.24) is 9.80 Å². The van der Waals surface area contributed by atoms with Crippen molar-refractivity contribution in [2.24, 2.45) is 0 Å². The Balaban J connectivity index is 1.70. The van der Waals surface area contributed by atoms with Gasteiger partial charge in [-0.15, -0.1) is 0 Å². The summed E-state index contributed by atoms with van der Waals surface area (Å²) in [6.45, 7) is 0.229. The first kappa shape index (κ1) is 21.3. The highest BCUT2D eigenvalue weighted by Crippen LogP contribution is 2.27. The van der Waals surface area contributed by atoms with Gasteiger partial charge in [0, 0.05) is 25.3 Å². The maximum absolute atomic E-state index is 12.7. The third-order valence-corrected chi connectivity index (χ3v) is 4.89. The van der Waals surface area contributed by atoms with Gasteiger partial charge in [-0.2, -0.15) is 0 Å². The molecule has 0 aliphatic carbocycles. The second-order valence-electron chi connectivity index (χ2n) is 7.46. The first-order valence-electron chi connectivity index (χ1n) is 9.87. The second-order valence-corrected chi connectivity index (χ2v) is 7.46. The number of anilines is 1. The maximum atomic E-state index is 12.7. The van der Waals surface area contributed by atoms with E-state index in [4.69, 9.17) is 0 Å². The number of nitrogens with one attached hydrogen (secondary N) is 1. The van der Waals surface area contributed by atoms with Crippen LogP contribution in [0.3, 0.4) is 0 Å². The Hall–Kier alpha value is -3.44. The SMILES string of the molecule is CN(C)C(=O)c1ccc(NC(=O)CN(C)C(c2ccccc2)c2ccccc2)cc1. The number of carbonyl (C=O) groups is 2. The average molecular weight is 402 g/mol. The molecule has 30 heavy (non-hydrogen) atoms. The van der Waals surface area contributed by atoms with Gasteiger partial charge in [0.15, 0.2) is 0 Å². The minimum absolute atomic E-state index is 0.0294. The Kier molecular flexibility index (Phi) is 6.99. The van der Waals surface area contributed by atoms with Crippen molar-refractivity contribution < 1.29 is 9.59 Å². The molecule has 0 aliphatic rings. The lowest BCUT2D eigenvalue weighted by atomic mass is 9.97. The molecule has 0 spiro atoms. The van der Waals surface area contributed by atoms with E-state index >= 15 is 0 Å². The average Bonchev–Trinajstić information content (AvgIpc) is 2.75. The molecule has 0 saturated carbocycles. The van der Waals surface area contributed by atoms with Gasteiger partial charge in [0.2, 0.25) is 5.91 Å². The van der Waals surface area contributed by atoms with E-state index in [1.165, 1.54) is 4.90 Å². The highest BCUT2D eigenvalue weighted by Gasteiger charge is 2.21. The molecule has 0 bridgehead atoms. The van der Waals surface area contributed by atoms with Gasteiger partial charge in [-0.25, -0.2) is 0 Å². The smallest absolute Gasteiger partial charge is 0.253 e. The Morgan fingerprint density at radius 1 is 0.767 bits per heavy atom. The molecule has 0 heterocycles. The predicted molar refractivity (Wildman–Crippen MR) is 120 cm³/mol. The van der Waals surface area contributed by atoms with Crippen LogP contribution in [-0.4, -0.2) is 49.3 Å². The number of carbonyl (C=O) groups excluding carboxylic acids is 2. The molecule has 3 aromatic rings. The summed E-state index contributed by atoms with van der Waals surface area (Å²) in [5, 5.41) is 2.92. The molecule has 2 amide bonds. The van der Waals surface area contributed by atoms with Crippen LogP contribution in [0.25, 0.3) is 0 Å². The monoisotopic (exact) mass is 401 g/mol. The minimum Gasteiger partial charge on any atom is -0.345 e. The van der Waals surface area contributed by atoms with Crippen molar-refractivity contribution >= 4 is 17.5 Å². The summed E-state index contributed by atoms with van der Waals surface area (Å²) in [5.41, 5.74) is 3.51. The number of likely N-dealkylation sites (N-methyl/N-ethyl adjacent to an activating group) is 1. The van der Waals surface area contributed by atoms with E-state index in [-0.39, 0.29) is 24.4 Å². The topological polar surface area (TPSA) is 52.7 Å². The van der Waals surface area contributed by atoms with Crippen LogP contribution in [0.4, 0.5) is 5.69 Å². The van der Waals surface area contributed by atoms with E-state index in [0.717, 1.165) is 11.1 Å². The molecule has 5 heteroatoms. The van der Waals surface area contributed by atoms with Gasteiger partial charge < -0.3 is 10.2 Å². The van der Waals surface area contributed by atoms with Gasteiger partial charge in [0.25, 0.3) is 5.91 Å². The Morgan fingerprint density at radius 2 is 1.27 bits per heavy atom. The van der Waals surface area contributed by atoms with Crippen molar-refractivity contribution in [3.8, 4) is 0 Å². The van der Waals surface area contributed by atoms with Crippen LogP contribution in [-0.2, 0) is 4.79 Å². The molecule has 3 aromatic carbocycles. The number of benzene rings is 3. The van der Waals surface area contributed by atoms with Crippen molar-refractivity contribution in [3.05, 3.63) is 102 Å². The van der Waals surface area contributed by atoms with E-state index in [1.54, 1.807) is 38.4 Å². The zero-order valence-electron chi connectivity index (χ0n) is 17.6. The fourth-order valence-electron chi connectivity index (χ4n) is 3.44. The molecule has 0 saturated heterocycles. The fraction of sp³-hybridized carbons (Fsp3) is 0.200. The summed E-state index contributed by atoms with van der Waals surface area (Å²) in [7, 11) is 5.37. The van der Waals surface area contributed by atoms with Crippen molar-refractivity contribution in [3.63, 3.8) is 0 Å². The molecule has 0 aliphatic heterocycles. The van der Waals surface area contributed by atoms with E-state index < -0.39 is 0 Å². The van der Waals surface area contributed by atoms with E-state index in [0.29, 0.717) is 11.3 Å². The predicted octanol–water partition coefficient (Wildman–Crippen LogP) is 4.05. The lowest BCUT2D eigenvalue weighted by Crippen LogP contribution is -2.34. The van der Waals surface area contributed by atoms with Crippen molar-refractivity contribution in [2.75, 3.05) is 33.0 Å². The fourth-order valence-corrected chi connectivity index (χ4v) is 3.44. The molecule has 5 nitrogen and oxygen atoms in total. The van der Waals surface area contributed by atoms with Gasteiger partial charge in [-0.05, 0) is 42.4 Å². The number of rotatable bonds is 7. The molecular formula is C25H27N3O2. The molecule has 0 unspecified atom stereocenters. The van der Waals surface area contributed by atoms with Gasteiger partial charge >= 0.3 is 0 Å². The van der Waals surface area contributed by atoms with Gasteiger partial charge in [-0.3, -0.25) is 14.5 Å². The van der Waals surface area contributed by atoms with Crippen LogP contribution in [0, 0.1) is 0 Å². The lowest BCUT2D eigenvalue weighted by Gasteiger charge is -2.28. The molecule has 1 N–H and O–H groups in total. The number of nitrogens with zero attached hydrogens (tertiary/aromatic N) is 2. The lowest BCUT2D eigenvalue weighted by molar-refractivity contribution is -0.117. The van der Waals surface area contributed by atoms with Crippen LogP contribution in [0.15, 0.2) is 84.9 Å². The Labute approximate surface area is 177 Å². The largest absolute Gasteiger partial charge is 0.345 e. The molecule has 0 atom stereocenters. The van der Waals surface area contributed by atoms with E-state index in [2.05, 4.69) is 29.6 Å². The molecule has 154 valence electrons. The van der Waals surface area contributed by atoms with Crippen LogP contribution >= 0.6 is 0 Å². The van der Waals surface area contributed by atoms with E-state index in [1.807, 2.05) is 48.3 Å².